The molecule has 1 aromatic heterocycles. The van der Waals surface area contributed by atoms with Crippen LogP contribution in [0, 0.1) is 13.8 Å². The molecule has 8 heteroatoms. The van der Waals surface area contributed by atoms with E-state index in [0.29, 0.717) is 15.6 Å². The van der Waals surface area contributed by atoms with Gasteiger partial charge in [0.15, 0.2) is 5.13 Å². The molecule has 0 aliphatic carbocycles. The Morgan fingerprint density at radius 1 is 1.07 bits per heavy atom. The van der Waals surface area contributed by atoms with Crippen molar-refractivity contribution in [1.82, 2.24) is 10.3 Å². The van der Waals surface area contributed by atoms with Crippen molar-refractivity contribution in [2.45, 2.75) is 13.8 Å². The predicted molar refractivity (Wildman–Crippen MR) is 121 cm³/mol. The first-order valence-electron chi connectivity index (χ1n) is 9.08. The third-order valence-corrected chi connectivity index (χ3v) is 6.21. The fourth-order valence-corrected chi connectivity index (χ4v) is 4.23. The highest BCUT2D eigenvalue weighted by Gasteiger charge is 2.24. The van der Waals surface area contributed by atoms with Gasteiger partial charge in [-0.3, -0.25) is 25.0 Å². The van der Waals surface area contributed by atoms with Crippen molar-refractivity contribution in [3.8, 4) is 11.3 Å². The molecular formula is C22H17N3O3S2. The third-order valence-electron chi connectivity index (χ3n) is 4.64. The Balaban J connectivity index is 1.45. The maximum Gasteiger partial charge on any atom is 0.290 e. The largest absolute Gasteiger partial charge is 0.298 e. The van der Waals surface area contributed by atoms with E-state index in [0.717, 1.165) is 28.6 Å². The van der Waals surface area contributed by atoms with Crippen molar-refractivity contribution in [2.24, 2.45) is 0 Å². The summed E-state index contributed by atoms with van der Waals surface area (Å²) in [4.78, 5) is 40.2. The van der Waals surface area contributed by atoms with Crippen molar-refractivity contribution in [2.75, 3.05) is 5.32 Å². The zero-order chi connectivity index (χ0) is 21.3. The number of rotatable bonds is 4. The molecule has 0 atom stereocenters. The highest BCUT2D eigenvalue weighted by molar-refractivity contribution is 8.18. The number of benzene rings is 2. The molecule has 0 spiro atoms. The molecule has 1 saturated heterocycles. The Kier molecular flexibility index (Phi) is 5.52. The summed E-state index contributed by atoms with van der Waals surface area (Å²) >= 11 is 2.23. The van der Waals surface area contributed by atoms with Crippen LogP contribution in [0.3, 0.4) is 0 Å². The number of anilines is 1. The molecule has 0 bridgehead atoms. The average Bonchev–Trinajstić information content (AvgIpc) is 3.30. The van der Waals surface area contributed by atoms with Crippen LogP contribution in [0.4, 0.5) is 9.93 Å². The van der Waals surface area contributed by atoms with Gasteiger partial charge in [0.1, 0.15) is 0 Å². The molecule has 0 saturated carbocycles. The summed E-state index contributed by atoms with van der Waals surface area (Å²) in [5.74, 6) is -0.673. The van der Waals surface area contributed by atoms with E-state index in [-0.39, 0.29) is 11.1 Å². The lowest BCUT2D eigenvalue weighted by molar-refractivity contribution is -0.115. The SMILES string of the molecule is Cc1ccc(-c2csc(NC(=O)c3ccc(C=C4SC(=O)NC4=O)cc3)n2)cc1C. The number of nitrogens with one attached hydrogen (secondary N) is 2. The van der Waals surface area contributed by atoms with Gasteiger partial charge in [-0.05, 0) is 66.6 Å². The first kappa shape index (κ1) is 20.1. The molecule has 3 amide bonds. The van der Waals surface area contributed by atoms with E-state index in [1.54, 1.807) is 30.3 Å². The van der Waals surface area contributed by atoms with E-state index < -0.39 is 5.91 Å². The third kappa shape index (κ3) is 4.34. The van der Waals surface area contributed by atoms with Crippen molar-refractivity contribution in [3.05, 3.63) is 75.0 Å². The van der Waals surface area contributed by atoms with Crippen LogP contribution in [0.25, 0.3) is 17.3 Å². The number of carbonyl (C=O) groups excluding carboxylic acids is 3. The molecule has 4 rings (SSSR count). The van der Waals surface area contributed by atoms with Crippen LogP contribution in [0.5, 0.6) is 0 Å². The Morgan fingerprint density at radius 3 is 2.50 bits per heavy atom. The Morgan fingerprint density at radius 2 is 1.83 bits per heavy atom. The van der Waals surface area contributed by atoms with Crippen LogP contribution >= 0.6 is 23.1 Å². The van der Waals surface area contributed by atoms with Crippen molar-refractivity contribution < 1.29 is 14.4 Å². The van der Waals surface area contributed by atoms with Crippen LogP contribution < -0.4 is 10.6 Å². The topological polar surface area (TPSA) is 88.2 Å². The molecule has 0 radical (unpaired) electrons. The molecule has 2 heterocycles. The fourth-order valence-electron chi connectivity index (χ4n) is 2.84. The van der Waals surface area contributed by atoms with Crippen LogP contribution in [0.15, 0.2) is 52.7 Å². The normalized spacial score (nSPS) is 14.8. The number of aromatic nitrogens is 1. The minimum absolute atomic E-state index is 0.265. The highest BCUT2D eigenvalue weighted by atomic mass is 32.2. The maximum atomic E-state index is 12.5. The van der Waals surface area contributed by atoms with E-state index in [4.69, 9.17) is 0 Å². The number of hydrogen-bond acceptors (Lipinski definition) is 6. The molecule has 1 aliphatic rings. The fraction of sp³-hybridized carbons (Fsp3) is 0.0909. The first-order valence-corrected chi connectivity index (χ1v) is 10.8. The minimum Gasteiger partial charge on any atom is -0.298 e. The molecule has 1 fully saturated rings. The average molecular weight is 436 g/mol. The Hall–Kier alpha value is -3.23. The number of imide groups is 1. The van der Waals surface area contributed by atoms with Crippen molar-refractivity contribution >= 4 is 51.4 Å². The zero-order valence-electron chi connectivity index (χ0n) is 16.2. The summed E-state index contributed by atoms with van der Waals surface area (Å²) in [6.07, 6.45) is 1.61. The zero-order valence-corrected chi connectivity index (χ0v) is 17.8. The summed E-state index contributed by atoms with van der Waals surface area (Å²) in [6.45, 7) is 4.12. The van der Waals surface area contributed by atoms with E-state index >= 15 is 0 Å². The van der Waals surface area contributed by atoms with Gasteiger partial charge >= 0.3 is 0 Å². The van der Waals surface area contributed by atoms with Gasteiger partial charge in [0, 0.05) is 16.5 Å². The Bertz CT molecular complexity index is 1200. The summed E-state index contributed by atoms with van der Waals surface area (Å²) in [5, 5.41) is 7.09. The number of hydrogen-bond donors (Lipinski definition) is 2. The molecule has 30 heavy (non-hydrogen) atoms. The minimum atomic E-state index is -0.407. The second-order valence-electron chi connectivity index (χ2n) is 6.77. The maximum absolute atomic E-state index is 12.5. The number of thiazole rings is 1. The van der Waals surface area contributed by atoms with Crippen LogP contribution in [0.1, 0.15) is 27.0 Å². The number of amides is 3. The van der Waals surface area contributed by atoms with E-state index in [2.05, 4.69) is 41.6 Å². The molecule has 2 N–H and O–H groups in total. The van der Waals surface area contributed by atoms with Crippen molar-refractivity contribution in [1.29, 1.82) is 0 Å². The van der Waals surface area contributed by atoms with Gasteiger partial charge < -0.3 is 0 Å². The van der Waals surface area contributed by atoms with Crippen LogP contribution in [0.2, 0.25) is 0 Å². The van der Waals surface area contributed by atoms with Gasteiger partial charge in [0.25, 0.3) is 17.1 Å². The number of nitrogens with zero attached hydrogens (tertiary/aromatic N) is 1. The quantitative estimate of drug-likeness (QED) is 0.563. The van der Waals surface area contributed by atoms with Crippen LogP contribution in [-0.4, -0.2) is 22.0 Å². The lowest BCUT2D eigenvalue weighted by Crippen LogP contribution is -2.17. The lowest BCUT2D eigenvalue weighted by atomic mass is 10.1. The predicted octanol–water partition coefficient (Wildman–Crippen LogP) is 5.00. The van der Waals surface area contributed by atoms with Gasteiger partial charge in [-0.2, -0.15) is 0 Å². The van der Waals surface area contributed by atoms with Gasteiger partial charge in [-0.1, -0.05) is 24.3 Å². The second kappa shape index (κ2) is 8.25. The summed E-state index contributed by atoms with van der Waals surface area (Å²) < 4.78 is 0. The van der Waals surface area contributed by atoms with E-state index in [9.17, 15) is 14.4 Å². The summed E-state index contributed by atoms with van der Waals surface area (Å²) in [5.41, 5.74) is 5.45. The number of aryl methyl sites for hydroxylation is 2. The van der Waals surface area contributed by atoms with Crippen LogP contribution in [-0.2, 0) is 4.79 Å². The molecule has 3 aromatic rings. The summed E-state index contributed by atoms with van der Waals surface area (Å²) in [6, 6.07) is 12.9. The van der Waals surface area contributed by atoms with E-state index in [1.807, 2.05) is 11.4 Å². The van der Waals surface area contributed by atoms with Gasteiger partial charge in [-0.15, -0.1) is 11.3 Å². The molecule has 0 unspecified atom stereocenters. The second-order valence-corrected chi connectivity index (χ2v) is 8.64. The van der Waals surface area contributed by atoms with Gasteiger partial charge in [0.05, 0.1) is 10.6 Å². The Labute approximate surface area is 181 Å². The van der Waals surface area contributed by atoms with Gasteiger partial charge in [-0.25, -0.2) is 4.98 Å². The summed E-state index contributed by atoms with van der Waals surface area (Å²) in [7, 11) is 0. The molecule has 150 valence electrons. The monoisotopic (exact) mass is 435 g/mol. The molecule has 1 aliphatic heterocycles. The van der Waals surface area contributed by atoms with Gasteiger partial charge in [0.2, 0.25) is 0 Å². The highest BCUT2D eigenvalue weighted by Crippen LogP contribution is 2.27. The van der Waals surface area contributed by atoms with E-state index in [1.165, 1.54) is 22.5 Å². The smallest absolute Gasteiger partial charge is 0.290 e. The number of carbonyl (C=O) groups is 3. The standard InChI is InChI=1S/C22H17N3O3S2/c1-12-3-6-16(9-13(12)2)17-11-29-21(23-17)24-19(26)15-7-4-14(5-8-15)10-18-20(27)25-22(28)30-18/h3-11H,1-2H3,(H,23,24,26)(H,25,27,28). The molecule has 6 nitrogen and oxygen atoms in total. The molecule has 2 aromatic carbocycles. The first-order chi connectivity index (χ1) is 14.4. The number of thioether (sulfide) groups is 1. The molecular weight excluding hydrogens is 418 g/mol. The lowest BCUT2D eigenvalue weighted by Gasteiger charge is -2.03. The van der Waals surface area contributed by atoms with Crippen molar-refractivity contribution in [3.63, 3.8) is 0 Å².